The summed E-state index contributed by atoms with van der Waals surface area (Å²) in [7, 11) is 5.89. The number of esters is 1. The Morgan fingerprint density at radius 1 is 1.00 bits per heavy atom. The summed E-state index contributed by atoms with van der Waals surface area (Å²) in [6.07, 6.45) is 6.76. The van der Waals surface area contributed by atoms with Gasteiger partial charge in [-0.3, -0.25) is 0 Å². The minimum Gasteiger partial charge on any atom is -0.504 e. The Kier molecular flexibility index (Phi) is 5.87. The largest absolute Gasteiger partial charge is 0.504 e. The molecule has 3 unspecified atom stereocenters. The number of aliphatic hydroxyl groups is 1. The summed E-state index contributed by atoms with van der Waals surface area (Å²) in [5.74, 6) is 1.65. The first-order valence-electron chi connectivity index (χ1n) is 17.3. The number of hydrogen-bond acceptors (Lipinski definition) is 11. The van der Waals surface area contributed by atoms with Crippen LogP contribution in [0.1, 0.15) is 47.9 Å². The van der Waals surface area contributed by atoms with Crippen molar-refractivity contribution in [3.8, 4) is 23.0 Å². The van der Waals surface area contributed by atoms with Crippen molar-refractivity contribution >= 4 is 11.7 Å². The summed E-state index contributed by atoms with van der Waals surface area (Å²) in [6.45, 7) is 1.35. The van der Waals surface area contributed by atoms with Crippen molar-refractivity contribution in [3.63, 3.8) is 0 Å². The number of phenolic OH excluding ortho intramolecular Hbond substituents is 1. The van der Waals surface area contributed by atoms with Gasteiger partial charge in [0, 0.05) is 34.5 Å². The Morgan fingerprint density at radius 3 is 2.67 bits per heavy atom. The lowest BCUT2D eigenvalue weighted by atomic mass is 9.49. The van der Waals surface area contributed by atoms with E-state index in [9.17, 15) is 15.0 Å². The molecule has 11 heteroatoms. The van der Waals surface area contributed by atoms with Crippen LogP contribution in [0.4, 0.5) is 0 Å². The van der Waals surface area contributed by atoms with Gasteiger partial charge in [-0.1, -0.05) is 23.4 Å². The van der Waals surface area contributed by atoms with Gasteiger partial charge in [0.25, 0.3) is 0 Å². The molecule has 9 atom stereocenters. The molecule has 2 aromatic rings. The molecule has 4 aliphatic carbocycles. The number of benzene rings is 2. The fourth-order valence-electron chi connectivity index (χ4n) is 11.5. The zero-order chi connectivity index (χ0) is 32.7. The van der Waals surface area contributed by atoms with Gasteiger partial charge in [-0.25, -0.2) is 4.79 Å². The number of phenols is 1. The van der Waals surface area contributed by atoms with Gasteiger partial charge >= 0.3 is 5.97 Å². The standard InChI is InChI=1S/C37H41N3O8/c1-39-14-12-35-21-6-9-26(34(35)47-31-24(41)7-4-19(29(31)35)16-23(21)39)46-28(42)18-45-38-22-10-11-37(43)27-17-20-5-8-25(44-3)32-30(20)36(37,33(22)48-32)13-15-40(27)2/h4-9,21,23,26-27,33-34,41,43H,10-18H2,1-3H3/t21?,23?,26-,27?,33-,34-,35-,36-,37+/m0/s1. The number of methoxy groups -OCH3 is 1. The minimum absolute atomic E-state index is 0.0322. The van der Waals surface area contributed by atoms with Gasteiger partial charge < -0.3 is 43.8 Å². The molecule has 48 heavy (non-hydrogen) atoms. The predicted octanol–water partition coefficient (Wildman–Crippen LogP) is 2.61. The van der Waals surface area contributed by atoms with Gasteiger partial charge in [0.05, 0.1) is 23.8 Å². The molecule has 2 spiro atoms. The highest BCUT2D eigenvalue weighted by Crippen LogP contribution is 2.65. The van der Waals surface area contributed by atoms with Crippen molar-refractivity contribution in [1.82, 2.24) is 9.80 Å². The maximum absolute atomic E-state index is 13.4. The zero-order valence-electron chi connectivity index (χ0n) is 27.5. The number of rotatable bonds is 5. The summed E-state index contributed by atoms with van der Waals surface area (Å²) in [5.41, 5.74) is 3.16. The van der Waals surface area contributed by atoms with E-state index in [1.54, 1.807) is 13.2 Å². The van der Waals surface area contributed by atoms with Crippen molar-refractivity contribution in [1.29, 1.82) is 0 Å². The molecule has 1 saturated carbocycles. The van der Waals surface area contributed by atoms with Gasteiger partial charge in [-0.05, 0) is 95.0 Å². The quantitative estimate of drug-likeness (QED) is 0.283. The first-order valence-corrected chi connectivity index (χ1v) is 17.3. The molecule has 0 aromatic heterocycles. The lowest BCUT2D eigenvalue weighted by molar-refractivity contribution is -0.163. The Balaban J connectivity index is 0.908. The first kappa shape index (κ1) is 29.1. The van der Waals surface area contributed by atoms with E-state index < -0.39 is 35.3 Å². The molecule has 10 rings (SSSR count). The van der Waals surface area contributed by atoms with Crippen molar-refractivity contribution in [2.75, 3.05) is 40.9 Å². The van der Waals surface area contributed by atoms with Gasteiger partial charge in [0.2, 0.25) is 6.61 Å². The Morgan fingerprint density at radius 2 is 1.81 bits per heavy atom. The molecule has 0 radical (unpaired) electrons. The van der Waals surface area contributed by atoms with Crippen LogP contribution >= 0.6 is 0 Å². The topological polar surface area (TPSA) is 123 Å². The van der Waals surface area contributed by atoms with Crippen LogP contribution in [0.25, 0.3) is 0 Å². The van der Waals surface area contributed by atoms with Crippen LogP contribution in [0.15, 0.2) is 41.6 Å². The van der Waals surface area contributed by atoms with Crippen molar-refractivity contribution in [2.24, 2.45) is 11.1 Å². The third-order valence-corrected chi connectivity index (χ3v) is 13.5. The fraction of sp³-hybridized carbons (Fsp3) is 0.568. The number of nitrogens with zero attached hydrogens (tertiary/aromatic N) is 3. The molecule has 11 nitrogen and oxygen atoms in total. The third-order valence-electron chi connectivity index (χ3n) is 13.5. The molecule has 3 fully saturated rings. The zero-order valence-corrected chi connectivity index (χ0v) is 27.5. The number of carbonyl (C=O) groups is 1. The number of oxime groups is 1. The normalized spacial score (nSPS) is 40.0. The van der Waals surface area contributed by atoms with Crippen LogP contribution in [0.3, 0.4) is 0 Å². The maximum atomic E-state index is 13.4. The summed E-state index contributed by atoms with van der Waals surface area (Å²) in [4.78, 5) is 23.8. The molecular weight excluding hydrogens is 614 g/mol. The van der Waals surface area contributed by atoms with Crippen LogP contribution in [-0.4, -0.2) is 109 Å². The first-order chi connectivity index (χ1) is 23.2. The average molecular weight is 656 g/mol. The average Bonchev–Trinajstić information content (AvgIpc) is 3.62. The van der Waals surface area contributed by atoms with Crippen molar-refractivity contribution in [2.45, 2.75) is 85.4 Å². The number of likely N-dealkylation sites (tertiary alicyclic amines) is 2. The van der Waals surface area contributed by atoms with Crippen LogP contribution in [0.5, 0.6) is 23.0 Å². The lowest BCUT2D eigenvalue weighted by Gasteiger charge is -2.62. The van der Waals surface area contributed by atoms with Gasteiger partial charge in [0.1, 0.15) is 6.10 Å². The second kappa shape index (κ2) is 9.67. The molecule has 2 aromatic carbocycles. The SMILES string of the molecule is COc1ccc2c3c1O[C@H]1C(=NOCC(=O)O[C@H]4C=CC5C6Cc7ccc(O)c8c7[C@@]5(CCN6C)[C@H]4O8)CC[C@@]4(O)C(C2)N(C)CC[C@]314. The fourth-order valence-corrected chi connectivity index (χ4v) is 11.5. The van der Waals surface area contributed by atoms with Gasteiger partial charge in [-0.2, -0.15) is 0 Å². The number of carbonyl (C=O) groups excluding carboxylic acids is 1. The Bertz CT molecular complexity index is 1830. The van der Waals surface area contributed by atoms with E-state index in [1.807, 2.05) is 18.2 Å². The number of hydrogen-bond donors (Lipinski definition) is 2. The molecule has 252 valence electrons. The van der Waals surface area contributed by atoms with Crippen LogP contribution in [-0.2, 0) is 38.0 Å². The molecule has 8 aliphatic rings. The minimum atomic E-state index is -0.989. The summed E-state index contributed by atoms with van der Waals surface area (Å²) >= 11 is 0. The Labute approximate surface area is 279 Å². The number of piperidine rings is 2. The van der Waals surface area contributed by atoms with E-state index in [4.69, 9.17) is 23.8 Å². The molecule has 0 amide bonds. The number of likely N-dealkylation sites (N-methyl/N-ethyl adjacent to an activating group) is 2. The van der Waals surface area contributed by atoms with Gasteiger partial charge in [0.15, 0.2) is 35.2 Å². The summed E-state index contributed by atoms with van der Waals surface area (Å²) in [5, 5.41) is 27.8. The second-order valence-electron chi connectivity index (χ2n) is 15.2. The van der Waals surface area contributed by atoms with Crippen molar-refractivity contribution < 1.29 is 38.8 Å². The number of ether oxygens (including phenoxy) is 4. The molecule has 2 N–H and O–H groups in total. The Hall–Kier alpha value is -3.80. The molecule has 4 bridgehead atoms. The van der Waals surface area contributed by atoms with E-state index in [2.05, 4.69) is 41.2 Å². The highest BCUT2D eigenvalue weighted by atomic mass is 16.7. The van der Waals surface area contributed by atoms with E-state index in [0.717, 1.165) is 43.5 Å². The monoisotopic (exact) mass is 655 g/mol. The molecule has 2 saturated heterocycles. The van der Waals surface area contributed by atoms with E-state index in [-0.39, 0.29) is 29.7 Å². The van der Waals surface area contributed by atoms with Crippen molar-refractivity contribution in [3.05, 3.63) is 58.7 Å². The van der Waals surface area contributed by atoms with Crippen LogP contribution in [0.2, 0.25) is 0 Å². The lowest BCUT2D eigenvalue weighted by Crippen LogP contribution is -2.76. The van der Waals surface area contributed by atoms with Crippen LogP contribution < -0.4 is 14.2 Å². The highest BCUT2D eigenvalue weighted by molar-refractivity contribution is 5.94. The van der Waals surface area contributed by atoms with E-state index in [0.29, 0.717) is 48.3 Å². The molecular formula is C37H41N3O8. The summed E-state index contributed by atoms with van der Waals surface area (Å²) < 4.78 is 25.0. The summed E-state index contributed by atoms with van der Waals surface area (Å²) in [6, 6.07) is 8.06. The molecule has 4 heterocycles. The third kappa shape index (κ3) is 3.35. The number of aromatic hydroxyl groups is 1. The molecule has 4 aliphatic heterocycles. The van der Waals surface area contributed by atoms with Crippen LogP contribution in [0, 0.1) is 5.92 Å². The van der Waals surface area contributed by atoms with E-state index in [1.165, 1.54) is 11.1 Å². The van der Waals surface area contributed by atoms with E-state index >= 15 is 0 Å². The predicted molar refractivity (Wildman–Crippen MR) is 173 cm³/mol. The second-order valence-corrected chi connectivity index (χ2v) is 15.2. The highest BCUT2D eigenvalue weighted by Gasteiger charge is 2.72. The maximum Gasteiger partial charge on any atom is 0.347 e. The smallest absolute Gasteiger partial charge is 0.347 e. The van der Waals surface area contributed by atoms with Gasteiger partial charge in [-0.15, -0.1) is 0 Å².